The van der Waals surface area contributed by atoms with E-state index < -0.39 is 24.0 Å². The Kier molecular flexibility index (Phi) is 17.0. The van der Waals surface area contributed by atoms with Crippen LogP contribution in [0.2, 0.25) is 0 Å². The molecule has 3 aromatic rings. The van der Waals surface area contributed by atoms with Gasteiger partial charge in [-0.15, -0.1) is 18.3 Å². The van der Waals surface area contributed by atoms with Crippen molar-refractivity contribution in [1.29, 1.82) is 0 Å². The van der Waals surface area contributed by atoms with Crippen LogP contribution in [0.1, 0.15) is 120 Å². The van der Waals surface area contributed by atoms with Gasteiger partial charge >= 0.3 is 0 Å². The molecule has 0 spiro atoms. The smallest absolute Gasteiger partial charge is 0.239 e. The van der Waals surface area contributed by atoms with E-state index >= 15 is 4.79 Å². The topological polar surface area (TPSA) is 119 Å². The highest BCUT2D eigenvalue weighted by atomic mass is 32.2. The number of benzene rings is 3. The third-order valence-corrected chi connectivity index (χ3v) is 15.3. The van der Waals surface area contributed by atoms with E-state index in [9.17, 15) is 14.6 Å². The first-order valence-electron chi connectivity index (χ1n) is 24.6. The first-order valence-corrected chi connectivity index (χ1v) is 25.8. The highest BCUT2D eigenvalue weighted by molar-refractivity contribution is 7.98. The lowest BCUT2D eigenvalue weighted by Crippen LogP contribution is -2.70. The van der Waals surface area contributed by atoms with Gasteiger partial charge in [-0.2, -0.15) is 0 Å². The maximum absolute atomic E-state index is 15.2. The summed E-state index contributed by atoms with van der Waals surface area (Å²) in [5.74, 6) is 0.238. The number of hydrogen-bond acceptors (Lipinski definition) is 10. The molecule has 3 aliphatic carbocycles. The molecule has 1 saturated heterocycles. The second kappa shape index (κ2) is 23.2. The molecule has 0 radical (unpaired) electrons. The number of hydrogen-bond donors (Lipinski definition) is 2. The fourth-order valence-electron chi connectivity index (χ4n) is 11.3. The molecule has 2 N–H and O–H groups in total. The van der Waals surface area contributed by atoms with E-state index in [1.807, 2.05) is 29.2 Å². The molecular weight excluding hydrogens is 856 g/mol. The van der Waals surface area contributed by atoms with Crippen molar-refractivity contribution in [3.05, 3.63) is 108 Å². The number of carbonyl (C=O) groups excluding carboxylic acids is 1. The number of ether oxygens (including phenoxy) is 4. The molecule has 0 bridgehead atoms. The van der Waals surface area contributed by atoms with Gasteiger partial charge in [0.1, 0.15) is 29.1 Å². The summed E-state index contributed by atoms with van der Waals surface area (Å²) in [6, 6.07) is 19.8. The highest BCUT2D eigenvalue weighted by Gasteiger charge is 2.65. The van der Waals surface area contributed by atoms with E-state index in [0.717, 1.165) is 97.3 Å². The van der Waals surface area contributed by atoms with E-state index in [4.69, 9.17) is 28.9 Å². The molecule has 1 unspecified atom stereocenters. The molecule has 2 heterocycles. The number of fused-ring (bicyclic) bond motifs is 2. The quantitative estimate of drug-likeness (QED) is 0.0439. The van der Waals surface area contributed by atoms with Crippen molar-refractivity contribution >= 4 is 23.4 Å². The van der Waals surface area contributed by atoms with E-state index in [1.54, 1.807) is 30.0 Å². The molecule has 8 rings (SSSR count). The van der Waals surface area contributed by atoms with Crippen LogP contribution in [0.5, 0.6) is 17.2 Å². The summed E-state index contributed by atoms with van der Waals surface area (Å²) < 4.78 is 41.8. The molecule has 3 aromatic carbocycles. The Labute approximate surface area is 394 Å². The number of halogens is 1. The third kappa shape index (κ3) is 11.2. The highest BCUT2D eigenvalue weighted by Crippen LogP contribution is 2.62. The Morgan fingerprint density at radius 1 is 0.939 bits per heavy atom. The first kappa shape index (κ1) is 48.3. The van der Waals surface area contributed by atoms with Gasteiger partial charge in [0.25, 0.3) is 0 Å². The van der Waals surface area contributed by atoms with Crippen molar-refractivity contribution in [2.45, 2.75) is 138 Å². The van der Waals surface area contributed by atoms with Gasteiger partial charge in [0, 0.05) is 55.4 Å². The van der Waals surface area contributed by atoms with Crippen LogP contribution in [-0.2, 0) is 25.7 Å². The predicted molar refractivity (Wildman–Crippen MR) is 256 cm³/mol. The lowest BCUT2D eigenvalue weighted by atomic mass is 9.55. The monoisotopic (exact) mass is 924 g/mol. The zero-order valence-corrected chi connectivity index (χ0v) is 39.4. The molecule has 0 aromatic heterocycles. The van der Waals surface area contributed by atoms with Gasteiger partial charge in [-0.05, 0) is 135 Å². The van der Waals surface area contributed by atoms with Crippen LogP contribution in [0.4, 0.5) is 4.39 Å². The van der Waals surface area contributed by atoms with Crippen LogP contribution in [0.3, 0.4) is 0 Å². The summed E-state index contributed by atoms with van der Waals surface area (Å²) in [7, 11) is 0. The number of allylic oxidation sites excluding steroid dienone is 1. The first-order chi connectivity index (χ1) is 32.3. The molecule has 2 aliphatic heterocycles. The van der Waals surface area contributed by atoms with Crippen LogP contribution in [-0.4, -0.2) is 77.5 Å². The van der Waals surface area contributed by atoms with Crippen LogP contribution in [0.15, 0.2) is 101 Å². The Morgan fingerprint density at radius 2 is 1.68 bits per heavy atom. The van der Waals surface area contributed by atoms with Crippen molar-refractivity contribution < 1.29 is 43.2 Å². The summed E-state index contributed by atoms with van der Waals surface area (Å²) in [4.78, 5) is 24.6. The number of oxime groups is 1. The Morgan fingerprint density at radius 3 is 2.39 bits per heavy atom. The number of thioether (sulfide) groups is 1. The lowest BCUT2D eigenvalue weighted by Gasteiger charge is -2.60. The molecule has 5 aliphatic rings. The maximum atomic E-state index is 15.2. The molecule has 3 fully saturated rings. The third-order valence-electron chi connectivity index (χ3n) is 14.6. The second-order valence-corrected chi connectivity index (χ2v) is 19.7. The van der Waals surface area contributed by atoms with Crippen molar-refractivity contribution in [2.75, 3.05) is 32.7 Å². The lowest BCUT2D eigenvalue weighted by molar-refractivity contribution is -0.258. The summed E-state index contributed by atoms with van der Waals surface area (Å²) in [6.45, 7) is 5.28. The van der Waals surface area contributed by atoms with E-state index in [1.165, 1.54) is 25.0 Å². The minimum absolute atomic E-state index is 0.0134. The zero-order valence-electron chi connectivity index (χ0n) is 38.6. The molecule has 10 nitrogen and oxygen atoms in total. The molecular formula is C54H69FN2O8S. The standard InChI is InChI=1S/C54H69FN2O8S/c1-3-31-62-54-49(57(36-38-17-20-40(55)21-18-38)50(60)28-19-37-12-4-5-13-37)35-47(56-65-51-16-8-11-32-61-51)45-33-39(14-6-9-29-58)44(15-7-10-30-59)52(53(45)54)46-34-42(24-27-48(46)64-54)63-41-22-25-43(66-2)26-23-41/h3,17-18,20-27,33-34,37,39,44,49,51-53,58-59H,1,4-16,19,28-32,35-36H2,2H3/t39-,44+,49-,51?,52+,53+,54+/m0/s1. The van der Waals surface area contributed by atoms with E-state index in [-0.39, 0.29) is 62.3 Å². The van der Waals surface area contributed by atoms with Gasteiger partial charge in [0.15, 0.2) is 0 Å². The van der Waals surface area contributed by atoms with Gasteiger partial charge in [-0.3, -0.25) is 4.79 Å². The number of carbonyl (C=O) groups is 1. The van der Waals surface area contributed by atoms with E-state index in [2.05, 4.69) is 37.1 Å². The van der Waals surface area contributed by atoms with Crippen molar-refractivity contribution in [1.82, 2.24) is 4.90 Å². The Hall–Kier alpha value is -4.20. The molecule has 12 heteroatoms. The van der Waals surface area contributed by atoms with Crippen molar-refractivity contribution in [3.63, 3.8) is 0 Å². The van der Waals surface area contributed by atoms with Gasteiger partial charge in [0.05, 0.1) is 24.8 Å². The zero-order chi connectivity index (χ0) is 45.9. The molecule has 356 valence electrons. The van der Waals surface area contributed by atoms with Gasteiger partial charge in [-0.25, -0.2) is 4.39 Å². The average molecular weight is 925 g/mol. The molecule has 1 amide bonds. The van der Waals surface area contributed by atoms with Gasteiger partial charge < -0.3 is 38.9 Å². The largest absolute Gasteiger partial charge is 0.459 e. The number of unbranched alkanes of at least 4 members (excludes halogenated alkanes) is 2. The van der Waals surface area contributed by atoms with Gasteiger partial charge in [-0.1, -0.05) is 68.0 Å². The number of nitrogens with zero attached hydrogens (tertiary/aromatic N) is 2. The van der Waals surface area contributed by atoms with E-state index in [0.29, 0.717) is 43.3 Å². The minimum atomic E-state index is -1.41. The Balaban J connectivity index is 1.31. The molecule has 66 heavy (non-hydrogen) atoms. The minimum Gasteiger partial charge on any atom is -0.459 e. The number of amides is 1. The van der Waals surface area contributed by atoms with Crippen LogP contribution in [0, 0.1) is 29.5 Å². The number of aliphatic hydroxyl groups is 2. The van der Waals surface area contributed by atoms with Gasteiger partial charge in [0.2, 0.25) is 18.0 Å². The number of aliphatic hydroxyl groups excluding tert-OH is 2. The van der Waals surface area contributed by atoms with Crippen LogP contribution >= 0.6 is 11.8 Å². The van der Waals surface area contributed by atoms with Crippen LogP contribution < -0.4 is 9.47 Å². The summed E-state index contributed by atoms with van der Waals surface area (Å²) in [5.41, 5.74) is 3.47. The average Bonchev–Trinajstić information content (AvgIpc) is 3.88. The van der Waals surface area contributed by atoms with Crippen LogP contribution in [0.25, 0.3) is 0 Å². The second-order valence-electron chi connectivity index (χ2n) is 18.8. The van der Waals surface area contributed by atoms with Crippen molar-refractivity contribution in [3.8, 4) is 17.2 Å². The molecule has 2 saturated carbocycles. The SMILES string of the molecule is C=CCO[C@@]12Oc3ccc(Oc4ccc(SC)cc4)cc3[C@H]3[C@H](CCCCO)[C@@H](CCCCO)C=C(C(=NOC4CCCCO4)C[C@@H]1N(Cc1ccc(F)cc1)C(=O)CCC1CCCC1)[C@H]32. The fourth-order valence-corrected chi connectivity index (χ4v) is 11.7. The summed E-state index contributed by atoms with van der Waals surface area (Å²) >= 11 is 1.68. The summed E-state index contributed by atoms with van der Waals surface area (Å²) in [5, 5.41) is 25.1. The van der Waals surface area contributed by atoms with Crippen molar-refractivity contribution in [2.24, 2.45) is 28.8 Å². The Bertz CT molecular complexity index is 2120. The maximum Gasteiger partial charge on any atom is 0.239 e. The predicted octanol–water partition coefficient (Wildman–Crippen LogP) is 11.5. The summed E-state index contributed by atoms with van der Waals surface area (Å²) in [6.07, 6.45) is 19.0. The molecule has 7 atom stereocenters. The number of rotatable bonds is 22. The fraction of sp³-hybridized carbons (Fsp3) is 0.556. The normalized spacial score (nSPS) is 26.5.